The minimum atomic E-state index is -0.652. The molecule has 128 valence electrons. The average molecular weight is 319 g/mol. The number of nitrogens with zero attached hydrogens (tertiary/aromatic N) is 1. The van der Waals surface area contributed by atoms with Crippen LogP contribution in [0.15, 0.2) is 30.3 Å². The molecule has 2 heterocycles. The molecule has 0 amide bonds. The number of piperidine rings is 1. The van der Waals surface area contributed by atoms with Crippen LogP contribution in [-0.2, 0) is 16.1 Å². The van der Waals surface area contributed by atoms with Crippen molar-refractivity contribution in [3.05, 3.63) is 35.9 Å². The topological polar surface area (TPSA) is 41.9 Å². The maximum atomic E-state index is 10.1. The molecule has 2 aliphatic heterocycles. The lowest BCUT2D eigenvalue weighted by molar-refractivity contribution is -0.0691. The van der Waals surface area contributed by atoms with Crippen LogP contribution in [0, 0.1) is 0 Å². The van der Waals surface area contributed by atoms with E-state index in [1.54, 1.807) is 0 Å². The van der Waals surface area contributed by atoms with Gasteiger partial charge in [-0.15, -0.1) is 0 Å². The van der Waals surface area contributed by atoms with Gasteiger partial charge in [0, 0.05) is 19.5 Å². The molecule has 2 saturated heterocycles. The molecule has 1 spiro atoms. The zero-order chi connectivity index (χ0) is 16.3. The molecule has 2 fully saturated rings. The van der Waals surface area contributed by atoms with E-state index in [0.717, 1.165) is 32.4 Å². The number of aliphatic hydroxyl groups is 1. The second-order valence-corrected chi connectivity index (χ2v) is 7.74. The summed E-state index contributed by atoms with van der Waals surface area (Å²) in [5.41, 5.74) is 0.478. The molecule has 1 aromatic rings. The highest BCUT2D eigenvalue weighted by Gasteiger charge is 2.44. The monoisotopic (exact) mass is 319 g/mol. The molecule has 4 heteroatoms. The van der Waals surface area contributed by atoms with Crippen LogP contribution in [0.5, 0.6) is 0 Å². The lowest BCUT2D eigenvalue weighted by Crippen LogP contribution is -2.51. The van der Waals surface area contributed by atoms with Crippen molar-refractivity contribution in [2.75, 3.05) is 26.2 Å². The molecule has 0 aromatic heterocycles. The third-order valence-electron chi connectivity index (χ3n) is 4.73. The minimum absolute atomic E-state index is 0.0785. The zero-order valence-electron chi connectivity index (χ0n) is 14.3. The highest BCUT2D eigenvalue weighted by molar-refractivity contribution is 5.13. The molecule has 2 aliphatic rings. The van der Waals surface area contributed by atoms with Crippen molar-refractivity contribution in [1.82, 2.24) is 4.90 Å². The van der Waals surface area contributed by atoms with Crippen LogP contribution in [0.1, 0.15) is 38.7 Å². The SMILES string of the molecule is CC(C)(O)CN1CCCC2(CC(OCc3ccccc3)CO2)C1. The van der Waals surface area contributed by atoms with E-state index in [2.05, 4.69) is 17.0 Å². The van der Waals surface area contributed by atoms with Crippen LogP contribution in [-0.4, -0.2) is 53.6 Å². The van der Waals surface area contributed by atoms with Crippen molar-refractivity contribution in [2.45, 2.75) is 57.0 Å². The van der Waals surface area contributed by atoms with Crippen molar-refractivity contribution < 1.29 is 14.6 Å². The summed E-state index contributed by atoms with van der Waals surface area (Å²) in [6.45, 7) is 7.73. The molecule has 0 aliphatic carbocycles. The molecule has 4 nitrogen and oxygen atoms in total. The zero-order valence-corrected chi connectivity index (χ0v) is 14.3. The molecule has 0 saturated carbocycles. The van der Waals surface area contributed by atoms with Crippen LogP contribution < -0.4 is 0 Å². The average Bonchev–Trinajstić information content (AvgIpc) is 2.87. The number of benzene rings is 1. The van der Waals surface area contributed by atoms with E-state index >= 15 is 0 Å². The van der Waals surface area contributed by atoms with Gasteiger partial charge in [0.05, 0.1) is 30.5 Å². The molecule has 23 heavy (non-hydrogen) atoms. The second kappa shape index (κ2) is 6.89. The van der Waals surface area contributed by atoms with E-state index in [1.165, 1.54) is 5.56 Å². The van der Waals surface area contributed by atoms with Gasteiger partial charge < -0.3 is 14.6 Å². The summed E-state index contributed by atoms with van der Waals surface area (Å²) in [6, 6.07) is 10.3. The maximum absolute atomic E-state index is 10.1. The van der Waals surface area contributed by atoms with Gasteiger partial charge in [0.25, 0.3) is 0 Å². The first kappa shape index (κ1) is 16.9. The van der Waals surface area contributed by atoms with Crippen LogP contribution >= 0.6 is 0 Å². The molecule has 2 atom stereocenters. The third kappa shape index (κ3) is 4.77. The fourth-order valence-electron chi connectivity index (χ4n) is 3.85. The smallest absolute Gasteiger partial charge is 0.0841 e. The predicted molar refractivity (Wildman–Crippen MR) is 90.3 cm³/mol. The van der Waals surface area contributed by atoms with Crippen LogP contribution in [0.25, 0.3) is 0 Å². The highest BCUT2D eigenvalue weighted by atomic mass is 16.6. The van der Waals surface area contributed by atoms with Gasteiger partial charge in [0.2, 0.25) is 0 Å². The van der Waals surface area contributed by atoms with Crippen LogP contribution in [0.2, 0.25) is 0 Å². The normalized spacial score (nSPS) is 29.3. The number of ether oxygens (including phenoxy) is 2. The Morgan fingerprint density at radius 1 is 1.35 bits per heavy atom. The van der Waals surface area contributed by atoms with Crippen molar-refractivity contribution in [1.29, 1.82) is 0 Å². The number of likely N-dealkylation sites (tertiary alicyclic amines) is 1. The highest BCUT2D eigenvalue weighted by Crippen LogP contribution is 2.36. The Balaban J connectivity index is 1.51. The Morgan fingerprint density at radius 2 is 2.13 bits per heavy atom. The largest absolute Gasteiger partial charge is 0.389 e. The molecular formula is C19H29NO3. The van der Waals surface area contributed by atoms with Crippen LogP contribution in [0.3, 0.4) is 0 Å². The maximum Gasteiger partial charge on any atom is 0.0841 e. The first-order chi connectivity index (χ1) is 10.9. The summed E-state index contributed by atoms with van der Waals surface area (Å²) in [5, 5.41) is 10.1. The van der Waals surface area contributed by atoms with E-state index in [1.807, 2.05) is 32.0 Å². The lowest BCUT2D eigenvalue weighted by atomic mass is 9.88. The van der Waals surface area contributed by atoms with Gasteiger partial charge >= 0.3 is 0 Å². The van der Waals surface area contributed by atoms with Crippen molar-refractivity contribution in [2.24, 2.45) is 0 Å². The number of hydrogen-bond donors (Lipinski definition) is 1. The molecule has 2 unspecified atom stereocenters. The van der Waals surface area contributed by atoms with E-state index < -0.39 is 5.60 Å². The summed E-state index contributed by atoms with van der Waals surface area (Å²) in [4.78, 5) is 2.34. The Kier molecular flexibility index (Phi) is 5.07. The Labute approximate surface area is 139 Å². The second-order valence-electron chi connectivity index (χ2n) is 7.74. The lowest BCUT2D eigenvalue weighted by Gasteiger charge is -2.41. The Hall–Kier alpha value is -0.940. The summed E-state index contributed by atoms with van der Waals surface area (Å²) in [7, 11) is 0. The summed E-state index contributed by atoms with van der Waals surface area (Å²) in [6.07, 6.45) is 3.36. The number of β-amino-alcohol motifs (C(OH)–C–C–N with tert-alkyl or cyclic N) is 1. The first-order valence-electron chi connectivity index (χ1n) is 8.68. The summed E-state index contributed by atoms with van der Waals surface area (Å²) < 4.78 is 12.2. The molecule has 3 rings (SSSR count). The van der Waals surface area contributed by atoms with E-state index in [-0.39, 0.29) is 11.7 Å². The van der Waals surface area contributed by atoms with Gasteiger partial charge in [-0.2, -0.15) is 0 Å². The first-order valence-corrected chi connectivity index (χ1v) is 8.68. The van der Waals surface area contributed by atoms with E-state index in [9.17, 15) is 5.11 Å². The predicted octanol–water partition coefficient (Wildman–Crippen LogP) is 2.60. The Morgan fingerprint density at radius 3 is 2.87 bits per heavy atom. The standard InChI is InChI=1S/C19H29NO3/c1-18(2,21)14-20-10-6-9-19(15-20)11-17(13-23-19)22-12-16-7-4-3-5-8-16/h3-5,7-8,17,21H,6,9-15H2,1-2H3. The quantitative estimate of drug-likeness (QED) is 0.906. The van der Waals surface area contributed by atoms with Gasteiger partial charge in [0.1, 0.15) is 0 Å². The van der Waals surface area contributed by atoms with E-state index in [4.69, 9.17) is 9.47 Å². The van der Waals surface area contributed by atoms with Crippen molar-refractivity contribution in [3.63, 3.8) is 0 Å². The van der Waals surface area contributed by atoms with Gasteiger partial charge in [-0.25, -0.2) is 0 Å². The minimum Gasteiger partial charge on any atom is -0.389 e. The summed E-state index contributed by atoms with van der Waals surface area (Å²) >= 11 is 0. The molecule has 0 radical (unpaired) electrons. The molecular weight excluding hydrogens is 290 g/mol. The van der Waals surface area contributed by atoms with Gasteiger partial charge in [-0.3, -0.25) is 4.90 Å². The fraction of sp³-hybridized carbons (Fsp3) is 0.684. The molecule has 1 N–H and O–H groups in total. The van der Waals surface area contributed by atoms with E-state index in [0.29, 0.717) is 19.8 Å². The molecule has 1 aromatic carbocycles. The summed E-state index contributed by atoms with van der Waals surface area (Å²) in [5.74, 6) is 0. The van der Waals surface area contributed by atoms with Crippen molar-refractivity contribution in [3.8, 4) is 0 Å². The van der Waals surface area contributed by atoms with Gasteiger partial charge in [0.15, 0.2) is 0 Å². The van der Waals surface area contributed by atoms with Gasteiger partial charge in [-0.1, -0.05) is 30.3 Å². The van der Waals surface area contributed by atoms with Gasteiger partial charge in [-0.05, 0) is 38.8 Å². The number of rotatable bonds is 5. The van der Waals surface area contributed by atoms with Crippen LogP contribution in [0.4, 0.5) is 0 Å². The number of hydrogen-bond acceptors (Lipinski definition) is 4. The third-order valence-corrected chi connectivity index (χ3v) is 4.73. The Bertz CT molecular complexity index is 499. The molecule has 0 bridgehead atoms. The fourth-order valence-corrected chi connectivity index (χ4v) is 3.85. The van der Waals surface area contributed by atoms with Crippen molar-refractivity contribution >= 4 is 0 Å².